The van der Waals surface area contributed by atoms with E-state index in [9.17, 15) is 5.26 Å². The number of nitriles is 1. The Morgan fingerprint density at radius 1 is 0.788 bits per heavy atom. The monoisotopic (exact) mass is 445 g/mol. The van der Waals surface area contributed by atoms with Crippen LogP contribution in [0.25, 0.3) is 11.1 Å². The van der Waals surface area contributed by atoms with Crippen LogP contribution in [-0.4, -0.2) is 6.61 Å². The summed E-state index contributed by atoms with van der Waals surface area (Å²) >= 11 is 0. The van der Waals surface area contributed by atoms with Crippen LogP contribution in [0.1, 0.15) is 103 Å². The van der Waals surface area contributed by atoms with Gasteiger partial charge in [-0.25, -0.2) is 0 Å². The molecule has 0 saturated heterocycles. The van der Waals surface area contributed by atoms with E-state index in [0.29, 0.717) is 0 Å². The van der Waals surface area contributed by atoms with E-state index < -0.39 is 0 Å². The highest BCUT2D eigenvalue weighted by molar-refractivity contribution is 5.64. The molecule has 1 aliphatic rings. The van der Waals surface area contributed by atoms with Gasteiger partial charge < -0.3 is 4.74 Å². The molecular weight excluding hydrogens is 402 g/mol. The van der Waals surface area contributed by atoms with Gasteiger partial charge in [0.2, 0.25) is 0 Å². The van der Waals surface area contributed by atoms with Crippen molar-refractivity contribution < 1.29 is 4.74 Å². The van der Waals surface area contributed by atoms with Crippen molar-refractivity contribution >= 4 is 0 Å². The first-order valence-electron chi connectivity index (χ1n) is 13.5. The van der Waals surface area contributed by atoms with Gasteiger partial charge in [0, 0.05) is 0 Å². The van der Waals surface area contributed by atoms with Crippen LogP contribution < -0.4 is 4.74 Å². The van der Waals surface area contributed by atoms with E-state index in [1.165, 1.54) is 80.9 Å². The summed E-state index contributed by atoms with van der Waals surface area (Å²) in [7, 11) is 0. The lowest BCUT2D eigenvalue weighted by molar-refractivity contribution is 0.263. The van der Waals surface area contributed by atoms with Crippen LogP contribution in [0.15, 0.2) is 48.5 Å². The van der Waals surface area contributed by atoms with Gasteiger partial charge in [0.25, 0.3) is 0 Å². The zero-order valence-corrected chi connectivity index (χ0v) is 21.0. The molecule has 0 amide bonds. The highest BCUT2D eigenvalue weighted by atomic mass is 16.5. The molecule has 3 rings (SSSR count). The molecule has 0 atom stereocenters. The summed E-state index contributed by atoms with van der Waals surface area (Å²) in [6.45, 7) is 5.32. The minimum Gasteiger partial charge on any atom is -0.494 e. The van der Waals surface area contributed by atoms with E-state index in [4.69, 9.17) is 4.74 Å². The molecule has 1 fully saturated rings. The Bertz CT molecular complexity index is 838. The fourth-order valence-electron chi connectivity index (χ4n) is 5.21. The Morgan fingerprint density at radius 2 is 1.36 bits per heavy atom. The van der Waals surface area contributed by atoms with Crippen LogP contribution in [-0.2, 0) is 5.41 Å². The molecule has 0 aliphatic heterocycles. The predicted molar refractivity (Wildman–Crippen MR) is 140 cm³/mol. The second-order valence-corrected chi connectivity index (χ2v) is 10.00. The van der Waals surface area contributed by atoms with Crippen molar-refractivity contribution in [2.24, 2.45) is 5.92 Å². The molecule has 0 aromatic heterocycles. The van der Waals surface area contributed by atoms with Gasteiger partial charge in [-0.05, 0) is 66.8 Å². The van der Waals surface area contributed by atoms with Crippen LogP contribution in [0.3, 0.4) is 0 Å². The largest absolute Gasteiger partial charge is 0.494 e. The van der Waals surface area contributed by atoms with Gasteiger partial charge in [-0.2, -0.15) is 5.26 Å². The van der Waals surface area contributed by atoms with Gasteiger partial charge >= 0.3 is 0 Å². The maximum Gasteiger partial charge on any atom is 0.119 e. The number of unbranched alkanes of at least 4 members (excludes halogenated alkanes) is 6. The average molecular weight is 446 g/mol. The van der Waals surface area contributed by atoms with Crippen molar-refractivity contribution in [3.8, 4) is 22.9 Å². The average Bonchev–Trinajstić information content (AvgIpc) is 2.88. The van der Waals surface area contributed by atoms with E-state index in [2.05, 4.69) is 68.4 Å². The third kappa shape index (κ3) is 7.36. The van der Waals surface area contributed by atoms with Crippen molar-refractivity contribution in [3.05, 3.63) is 54.1 Å². The number of hydrogen-bond acceptors (Lipinski definition) is 2. The second-order valence-electron chi connectivity index (χ2n) is 10.00. The summed E-state index contributed by atoms with van der Waals surface area (Å²) in [4.78, 5) is 0. The first-order valence-corrected chi connectivity index (χ1v) is 13.5. The first kappa shape index (κ1) is 25.4. The lowest BCUT2D eigenvalue weighted by Crippen LogP contribution is -2.30. The number of rotatable bonds is 13. The van der Waals surface area contributed by atoms with Crippen molar-refractivity contribution in [1.82, 2.24) is 0 Å². The number of nitrogens with zero attached hydrogens (tertiary/aromatic N) is 1. The first-order chi connectivity index (χ1) is 16.2. The molecule has 178 valence electrons. The van der Waals surface area contributed by atoms with Crippen LogP contribution in [0.4, 0.5) is 0 Å². The van der Waals surface area contributed by atoms with Crippen molar-refractivity contribution in [1.29, 1.82) is 5.26 Å². The zero-order valence-electron chi connectivity index (χ0n) is 21.0. The van der Waals surface area contributed by atoms with Gasteiger partial charge in [-0.1, -0.05) is 102 Å². The van der Waals surface area contributed by atoms with Crippen LogP contribution in [0.2, 0.25) is 0 Å². The topological polar surface area (TPSA) is 33.0 Å². The summed E-state index contributed by atoms with van der Waals surface area (Å²) in [5.41, 5.74) is 3.30. The molecular formula is C31H43NO. The van der Waals surface area contributed by atoms with Crippen molar-refractivity contribution in [3.63, 3.8) is 0 Å². The standard InChI is InChI=1S/C31H43NO/c1-3-5-7-8-9-10-24-33-30-18-14-28(15-19-30)27-12-16-29(17-13-27)31(25-32)22-20-26(21-23-31)11-6-4-2/h12-19,26H,3-11,20-24H2,1-2H3/t26-,31+. The molecule has 2 aromatic rings. The quantitative estimate of drug-likeness (QED) is 0.288. The van der Waals surface area contributed by atoms with Crippen molar-refractivity contribution in [2.45, 2.75) is 103 Å². The molecule has 1 aliphatic carbocycles. The fourth-order valence-corrected chi connectivity index (χ4v) is 5.21. The number of benzene rings is 2. The third-order valence-corrected chi connectivity index (χ3v) is 7.53. The molecule has 2 aromatic carbocycles. The second kappa shape index (κ2) is 13.4. The van der Waals surface area contributed by atoms with E-state index in [1.807, 2.05) is 0 Å². The summed E-state index contributed by atoms with van der Waals surface area (Å²) in [6, 6.07) is 19.9. The number of ether oxygens (including phenoxy) is 1. The summed E-state index contributed by atoms with van der Waals surface area (Å²) < 4.78 is 5.93. The summed E-state index contributed by atoms with van der Waals surface area (Å²) in [6.07, 6.45) is 16.0. The molecule has 2 heteroatoms. The molecule has 33 heavy (non-hydrogen) atoms. The number of hydrogen-bond donors (Lipinski definition) is 0. The minimum absolute atomic E-state index is 0.296. The van der Waals surface area contributed by atoms with Gasteiger partial charge in [0.05, 0.1) is 18.1 Å². The SMILES string of the molecule is CCCCCCCCOc1ccc(-c2ccc([C@]3(C#N)CC[C@H](CCCC)CC3)cc2)cc1. The molecule has 0 heterocycles. The van der Waals surface area contributed by atoms with Crippen LogP contribution in [0, 0.1) is 17.2 Å². The van der Waals surface area contributed by atoms with E-state index >= 15 is 0 Å². The Morgan fingerprint density at radius 3 is 1.97 bits per heavy atom. The van der Waals surface area contributed by atoms with E-state index in [1.54, 1.807) is 0 Å². The van der Waals surface area contributed by atoms with E-state index in [-0.39, 0.29) is 5.41 Å². The zero-order chi connectivity index (χ0) is 23.4. The van der Waals surface area contributed by atoms with Gasteiger partial charge in [-0.3, -0.25) is 0 Å². The lowest BCUT2D eigenvalue weighted by Gasteiger charge is -2.35. The highest BCUT2D eigenvalue weighted by Crippen LogP contribution is 2.43. The molecule has 0 bridgehead atoms. The van der Waals surface area contributed by atoms with E-state index in [0.717, 1.165) is 37.5 Å². The summed E-state index contributed by atoms with van der Waals surface area (Å²) in [5, 5.41) is 10.1. The van der Waals surface area contributed by atoms with Crippen LogP contribution in [0.5, 0.6) is 5.75 Å². The maximum atomic E-state index is 10.1. The molecule has 0 unspecified atom stereocenters. The molecule has 0 radical (unpaired) electrons. The minimum atomic E-state index is -0.296. The third-order valence-electron chi connectivity index (χ3n) is 7.53. The molecule has 2 nitrogen and oxygen atoms in total. The lowest BCUT2D eigenvalue weighted by atomic mass is 9.67. The molecule has 1 saturated carbocycles. The Labute approximate surface area is 202 Å². The smallest absolute Gasteiger partial charge is 0.119 e. The summed E-state index contributed by atoms with van der Waals surface area (Å²) in [5.74, 6) is 1.76. The molecule has 0 spiro atoms. The van der Waals surface area contributed by atoms with Crippen LogP contribution >= 0.6 is 0 Å². The van der Waals surface area contributed by atoms with Gasteiger partial charge in [0.15, 0.2) is 0 Å². The maximum absolute atomic E-state index is 10.1. The Balaban J connectivity index is 1.52. The van der Waals surface area contributed by atoms with Gasteiger partial charge in [0.1, 0.15) is 5.75 Å². The van der Waals surface area contributed by atoms with Gasteiger partial charge in [-0.15, -0.1) is 0 Å². The Kier molecular flexibility index (Phi) is 10.3. The fraction of sp³-hybridized carbons (Fsp3) is 0.581. The predicted octanol–water partition coefficient (Wildman–Crippen LogP) is 9.23. The highest BCUT2D eigenvalue weighted by Gasteiger charge is 2.36. The normalized spacial score (nSPS) is 20.3. The molecule has 0 N–H and O–H groups in total. The van der Waals surface area contributed by atoms with Crippen molar-refractivity contribution in [2.75, 3.05) is 6.61 Å². The Hall–Kier alpha value is -2.27.